The van der Waals surface area contributed by atoms with Gasteiger partial charge in [-0.1, -0.05) is 17.4 Å². The summed E-state index contributed by atoms with van der Waals surface area (Å²) in [5.41, 5.74) is 7.39. The minimum atomic E-state index is -4.35. The molecule has 0 atom stereocenters. The van der Waals surface area contributed by atoms with Crippen LogP contribution in [0.25, 0.3) is 21.6 Å². The number of aromatic nitrogens is 3. The van der Waals surface area contributed by atoms with Gasteiger partial charge in [0.05, 0.1) is 11.2 Å². The molecule has 0 saturated carbocycles. The number of hydrogen-bond donors (Lipinski definition) is 2. The fourth-order valence-corrected chi connectivity index (χ4v) is 4.49. The summed E-state index contributed by atoms with van der Waals surface area (Å²) >= 11 is 1.22. The molecule has 1 aliphatic heterocycles. The Hall–Kier alpha value is -1.69. The molecule has 0 radical (unpaired) electrons. The zero-order valence-corrected chi connectivity index (χ0v) is 19.0. The Labute approximate surface area is 187 Å². The van der Waals surface area contributed by atoms with Crippen LogP contribution in [0.4, 0.5) is 18.9 Å². The first-order chi connectivity index (χ1) is 13.8. The minimum Gasteiger partial charge on any atom is -0.382 e. The summed E-state index contributed by atoms with van der Waals surface area (Å²) in [7, 11) is 2.10. The third-order valence-corrected chi connectivity index (χ3v) is 6.19. The molecule has 2 aromatic heterocycles. The van der Waals surface area contributed by atoms with Crippen LogP contribution in [0.15, 0.2) is 24.3 Å². The van der Waals surface area contributed by atoms with Crippen molar-refractivity contribution in [2.75, 3.05) is 25.5 Å². The van der Waals surface area contributed by atoms with Crippen LogP contribution in [0.1, 0.15) is 17.8 Å². The van der Waals surface area contributed by atoms with Crippen molar-refractivity contribution in [3.63, 3.8) is 0 Å². The molecule has 1 aliphatic rings. The molecule has 6 nitrogen and oxygen atoms in total. The molecular weight excluding hydrogens is 481 g/mol. The van der Waals surface area contributed by atoms with Gasteiger partial charge in [0.2, 0.25) is 0 Å². The van der Waals surface area contributed by atoms with Crippen LogP contribution in [-0.4, -0.2) is 52.0 Å². The van der Waals surface area contributed by atoms with Crippen LogP contribution in [-0.2, 0) is 13.1 Å². The van der Waals surface area contributed by atoms with Gasteiger partial charge in [0.1, 0.15) is 11.6 Å². The Bertz CT molecular complexity index is 994. The summed E-state index contributed by atoms with van der Waals surface area (Å²) in [6.45, 7) is 1.13. The first kappa shape index (κ1) is 23.0. The van der Waals surface area contributed by atoms with Crippen LogP contribution in [0.3, 0.4) is 0 Å². The summed E-state index contributed by atoms with van der Waals surface area (Å²) in [5.74, 6) is 0. The van der Waals surface area contributed by atoms with Crippen molar-refractivity contribution in [3.8, 4) is 10.7 Å². The number of nitrogens with zero attached hydrogens (tertiary/aromatic N) is 4. The molecule has 3 N–H and O–H groups in total. The van der Waals surface area contributed by atoms with Crippen molar-refractivity contribution in [1.82, 2.24) is 19.7 Å². The molecule has 1 aromatic carbocycles. The molecule has 164 valence electrons. The number of halogens is 4. The van der Waals surface area contributed by atoms with Crippen LogP contribution < -0.4 is 11.1 Å². The van der Waals surface area contributed by atoms with Gasteiger partial charge in [-0.25, -0.2) is 0 Å². The molecule has 4 rings (SSSR count). The second kappa shape index (κ2) is 9.21. The van der Waals surface area contributed by atoms with E-state index in [1.54, 1.807) is 18.2 Å². The number of rotatable bonds is 5. The van der Waals surface area contributed by atoms with Gasteiger partial charge in [-0.15, -0.1) is 27.2 Å². The Kier molecular flexibility index (Phi) is 7.05. The van der Waals surface area contributed by atoms with Gasteiger partial charge in [0.25, 0.3) is 0 Å². The van der Waals surface area contributed by atoms with Gasteiger partial charge in [-0.05, 0) is 51.2 Å². The van der Waals surface area contributed by atoms with E-state index in [-0.39, 0.29) is 23.5 Å². The number of benzene rings is 1. The second-order valence-corrected chi connectivity index (χ2v) is 8.46. The number of fused-ring (bicyclic) bond motifs is 1. The highest BCUT2D eigenvalue weighted by Gasteiger charge is 2.31. The predicted molar refractivity (Wildman–Crippen MR) is 119 cm³/mol. The molecule has 0 bridgehead atoms. The quantitative estimate of drug-likeness (QED) is 0.542. The smallest absolute Gasteiger partial charge is 0.382 e. The van der Waals surface area contributed by atoms with E-state index < -0.39 is 12.7 Å². The lowest BCUT2D eigenvalue weighted by Crippen LogP contribution is -2.36. The molecule has 0 spiro atoms. The van der Waals surface area contributed by atoms with E-state index in [0.717, 1.165) is 37.0 Å². The highest BCUT2D eigenvalue weighted by molar-refractivity contribution is 8.93. The minimum absolute atomic E-state index is 0. The van der Waals surface area contributed by atoms with E-state index in [0.29, 0.717) is 27.3 Å². The van der Waals surface area contributed by atoms with Crippen molar-refractivity contribution in [1.29, 1.82) is 0 Å². The Morgan fingerprint density at radius 3 is 2.60 bits per heavy atom. The van der Waals surface area contributed by atoms with Crippen LogP contribution >= 0.6 is 28.3 Å². The van der Waals surface area contributed by atoms with Crippen molar-refractivity contribution >= 4 is 44.9 Å². The van der Waals surface area contributed by atoms with Gasteiger partial charge >= 0.3 is 6.18 Å². The molecule has 0 unspecified atom stereocenters. The fourth-order valence-electron chi connectivity index (χ4n) is 3.75. The summed E-state index contributed by atoms with van der Waals surface area (Å²) in [4.78, 5) is 2.28. The second-order valence-electron chi connectivity index (χ2n) is 7.40. The van der Waals surface area contributed by atoms with Crippen LogP contribution in [0, 0.1) is 0 Å². The lowest BCUT2D eigenvalue weighted by Gasteiger charge is -2.30. The number of nitrogens with two attached hydrogens (primary N) is 1. The molecule has 30 heavy (non-hydrogen) atoms. The molecule has 0 amide bonds. The van der Waals surface area contributed by atoms with Gasteiger partial charge in [-0.2, -0.15) is 13.2 Å². The molecule has 0 aliphatic carbocycles. The lowest BCUT2D eigenvalue weighted by atomic mass is 10.0. The van der Waals surface area contributed by atoms with E-state index in [2.05, 4.69) is 27.5 Å². The van der Waals surface area contributed by atoms with Crippen molar-refractivity contribution in [2.24, 2.45) is 5.73 Å². The summed E-state index contributed by atoms with van der Waals surface area (Å²) < 4.78 is 41.3. The summed E-state index contributed by atoms with van der Waals surface area (Å²) in [6.07, 6.45) is -2.35. The average Bonchev–Trinajstić information content (AvgIpc) is 3.28. The van der Waals surface area contributed by atoms with Gasteiger partial charge in [-0.3, -0.25) is 0 Å². The average molecular weight is 505 g/mol. The maximum absolute atomic E-state index is 13.3. The van der Waals surface area contributed by atoms with Gasteiger partial charge in [0, 0.05) is 23.7 Å². The largest absolute Gasteiger partial charge is 0.406 e. The normalized spacial score (nSPS) is 16.0. The first-order valence-corrected chi connectivity index (χ1v) is 10.3. The van der Waals surface area contributed by atoms with E-state index in [1.165, 1.54) is 15.9 Å². The van der Waals surface area contributed by atoms with Crippen molar-refractivity contribution < 1.29 is 13.2 Å². The van der Waals surface area contributed by atoms with Crippen LogP contribution in [0.2, 0.25) is 0 Å². The predicted octanol–water partition coefficient (Wildman–Crippen LogP) is 4.26. The first-order valence-electron chi connectivity index (χ1n) is 9.51. The molecule has 1 saturated heterocycles. The van der Waals surface area contributed by atoms with Gasteiger partial charge < -0.3 is 20.5 Å². The van der Waals surface area contributed by atoms with E-state index in [9.17, 15) is 13.2 Å². The molecule has 11 heteroatoms. The van der Waals surface area contributed by atoms with E-state index in [1.807, 2.05) is 6.07 Å². The SMILES string of the molecule is Br.CN1CCC(Nc2cccc3c2cc(-c2nnc(CN)s2)n3CC(F)(F)F)CC1. The number of hydrogen-bond acceptors (Lipinski definition) is 6. The standard InChI is InChI=1S/C19H23F3N6S.BrH/c1-27-7-5-12(6-8-27)24-14-3-2-4-15-13(14)9-16(28(15)11-19(20,21)22)18-26-25-17(10-23)29-18;/h2-4,9,12,24H,5-8,10-11,23H2,1H3;1H. The van der Waals surface area contributed by atoms with E-state index in [4.69, 9.17) is 5.73 Å². The number of likely N-dealkylation sites (tertiary alicyclic amines) is 1. The molecule has 3 aromatic rings. The topological polar surface area (TPSA) is 72.0 Å². The Morgan fingerprint density at radius 1 is 1.23 bits per heavy atom. The lowest BCUT2D eigenvalue weighted by molar-refractivity contribution is -0.139. The van der Waals surface area contributed by atoms with Crippen LogP contribution in [0.5, 0.6) is 0 Å². The number of piperidine rings is 1. The summed E-state index contributed by atoms with van der Waals surface area (Å²) in [5, 5.41) is 13.4. The number of nitrogens with one attached hydrogen (secondary N) is 1. The van der Waals surface area contributed by atoms with Crippen molar-refractivity contribution in [2.45, 2.75) is 38.1 Å². The van der Waals surface area contributed by atoms with Gasteiger partial charge in [0.15, 0.2) is 5.01 Å². The third-order valence-electron chi connectivity index (χ3n) is 5.22. The Morgan fingerprint density at radius 2 is 1.97 bits per heavy atom. The third kappa shape index (κ3) is 4.96. The molecular formula is C19H24BrF3N6S. The molecule has 3 heterocycles. The molecule has 1 fully saturated rings. The maximum Gasteiger partial charge on any atom is 0.406 e. The fraction of sp³-hybridized carbons (Fsp3) is 0.474. The zero-order valence-electron chi connectivity index (χ0n) is 16.4. The summed E-state index contributed by atoms with van der Waals surface area (Å²) in [6, 6.07) is 7.51. The maximum atomic E-state index is 13.3. The zero-order chi connectivity index (χ0) is 20.6. The van der Waals surface area contributed by atoms with Crippen molar-refractivity contribution in [3.05, 3.63) is 29.3 Å². The monoisotopic (exact) mass is 504 g/mol. The highest BCUT2D eigenvalue weighted by Crippen LogP contribution is 2.36. The number of anilines is 1. The Balaban J connectivity index is 0.00000256. The van der Waals surface area contributed by atoms with E-state index >= 15 is 0 Å². The number of alkyl halides is 3. The highest BCUT2D eigenvalue weighted by atomic mass is 79.9.